The molecule has 0 aromatic rings. The Morgan fingerprint density at radius 3 is 1.12 bits per heavy atom. The molecule has 0 aliphatic heterocycles. The molecule has 0 heterocycles. The van der Waals surface area contributed by atoms with Crippen molar-refractivity contribution in [1.29, 1.82) is 0 Å². The maximum absolute atomic E-state index is 8.55. The van der Waals surface area contributed by atoms with E-state index < -0.39 is 7.82 Å². The number of rotatable bonds is 0. The first-order valence-corrected chi connectivity index (χ1v) is 2.19. The second-order valence-corrected chi connectivity index (χ2v) is 1.34. The van der Waals surface area contributed by atoms with E-state index in [1.165, 1.54) is 0 Å². The summed E-state index contributed by atoms with van der Waals surface area (Å²) in [6, 6.07) is 0. The predicted octanol–water partition coefficient (Wildman–Crippen LogP) is -6.65. The van der Waals surface area contributed by atoms with Crippen LogP contribution in [0.15, 0.2) is 0 Å². The summed E-state index contributed by atoms with van der Waals surface area (Å²) in [6.07, 6.45) is 0. The van der Waals surface area contributed by atoms with Crippen molar-refractivity contribution in [3.05, 3.63) is 0 Å². The Hall–Kier alpha value is 1.25. The van der Waals surface area contributed by atoms with Gasteiger partial charge in [-0.1, -0.05) is 0 Å². The fourth-order valence-corrected chi connectivity index (χ4v) is 0. The molecule has 0 bridgehead atoms. The Labute approximate surface area is 70.1 Å². The minimum Gasteiger partial charge on any atom is -0.822 e. The molecule has 0 unspecified atom stereocenters. The van der Waals surface area contributed by atoms with Gasteiger partial charge in [-0.3, -0.25) is 0 Å². The van der Waals surface area contributed by atoms with Gasteiger partial charge < -0.3 is 24.7 Å². The van der Waals surface area contributed by atoms with Gasteiger partial charge in [0.2, 0.25) is 0 Å². The molecular weight excluding hydrogens is 169 g/mol. The smallest absolute Gasteiger partial charge is 0.822 e. The van der Waals surface area contributed by atoms with Crippen molar-refractivity contribution in [2.75, 3.05) is 0 Å². The summed E-state index contributed by atoms with van der Waals surface area (Å²) >= 11 is 0. The van der Waals surface area contributed by atoms with Crippen LogP contribution in [0.2, 0.25) is 0 Å². The molecule has 2 N–H and O–H groups in total. The second kappa shape index (κ2) is 8.25. The summed E-state index contributed by atoms with van der Waals surface area (Å²) in [7, 11) is -5.39. The zero-order valence-electron chi connectivity index (χ0n) is 4.03. The fourth-order valence-electron chi connectivity index (χ4n) is 0. The Morgan fingerprint density at radius 1 is 1.12 bits per heavy atom. The van der Waals surface area contributed by atoms with Gasteiger partial charge in [0.05, 0.1) is 0 Å². The summed E-state index contributed by atoms with van der Waals surface area (Å²) in [6.45, 7) is 0. The molecule has 1 radical (unpaired) electrons. The van der Waals surface area contributed by atoms with Crippen LogP contribution in [0.4, 0.5) is 0 Å². The molecule has 0 rings (SSSR count). The van der Waals surface area contributed by atoms with Crippen molar-refractivity contribution >= 4 is 7.82 Å². The van der Waals surface area contributed by atoms with Crippen LogP contribution in [0, 0.1) is 0 Å². The van der Waals surface area contributed by atoms with Crippen molar-refractivity contribution in [3.63, 3.8) is 0 Å². The van der Waals surface area contributed by atoms with Crippen LogP contribution in [0.1, 0.15) is 0 Å². The predicted molar refractivity (Wildman–Crippen MR) is 11.2 cm³/mol. The van der Waals surface area contributed by atoms with E-state index in [2.05, 4.69) is 0 Å². The molecule has 0 aromatic heterocycles. The average molecular weight is 171 g/mol. The van der Waals surface area contributed by atoms with Gasteiger partial charge in [-0.2, -0.15) is 7.82 Å². The molecule has 45 valence electrons. The monoisotopic (exact) mass is 171 g/mol. The topological polar surface area (TPSA) is 118 Å². The van der Waals surface area contributed by atoms with Crippen LogP contribution >= 0.6 is 7.82 Å². The summed E-state index contributed by atoms with van der Waals surface area (Å²) < 4.78 is 8.55. The van der Waals surface area contributed by atoms with Crippen LogP contribution in [0.3, 0.4) is 0 Å². The van der Waals surface area contributed by atoms with E-state index in [0.717, 1.165) is 0 Å². The molecule has 0 spiro atoms. The standard InChI is InChI=1S/Li.H3O4P.H2O.V/c;1-5(2,3)4;;/h;(H3,1,2,3,4);1H2;/q+1;;;/p-3. The molecule has 8 heteroatoms. The third kappa shape index (κ3) is 181. The van der Waals surface area contributed by atoms with Crippen LogP contribution in [-0.4, -0.2) is 5.48 Å². The Bertz CT molecular complexity index is 58.6. The van der Waals surface area contributed by atoms with E-state index in [1.807, 2.05) is 0 Å². The first kappa shape index (κ1) is 22.8. The van der Waals surface area contributed by atoms with Crippen molar-refractivity contribution in [1.82, 2.24) is 0 Å². The normalized spacial score (nSPS) is 7.38. The van der Waals surface area contributed by atoms with E-state index in [4.69, 9.17) is 19.2 Å². The molecule has 0 amide bonds. The summed E-state index contributed by atoms with van der Waals surface area (Å²) in [4.78, 5) is 25.6. The molecule has 0 saturated heterocycles. The molecule has 0 aliphatic carbocycles. The van der Waals surface area contributed by atoms with Gasteiger partial charge in [0, 0.05) is 18.6 Å². The molecule has 0 aliphatic rings. The summed E-state index contributed by atoms with van der Waals surface area (Å²) in [5.41, 5.74) is 0. The quantitative estimate of drug-likeness (QED) is 0.265. The largest absolute Gasteiger partial charge is 1.00 e. The van der Waals surface area contributed by atoms with Gasteiger partial charge in [0.1, 0.15) is 0 Å². The van der Waals surface area contributed by atoms with E-state index in [1.54, 1.807) is 0 Å². The van der Waals surface area contributed by atoms with Gasteiger partial charge in [-0.05, 0) is 0 Å². The first-order chi connectivity index (χ1) is 2.00. The van der Waals surface area contributed by atoms with E-state index >= 15 is 0 Å². The van der Waals surface area contributed by atoms with Crippen LogP contribution in [0.25, 0.3) is 0 Å². The van der Waals surface area contributed by atoms with E-state index in [0.29, 0.717) is 0 Å². The second-order valence-electron chi connectivity index (χ2n) is 0.447. The average Bonchev–Trinajstić information content (AvgIpc) is 0.722. The number of hydrogen-bond acceptors (Lipinski definition) is 4. The van der Waals surface area contributed by atoms with Crippen molar-refractivity contribution < 1.29 is 62.1 Å². The molecule has 0 fully saturated rings. The summed E-state index contributed by atoms with van der Waals surface area (Å²) in [5, 5.41) is 0. The fraction of sp³-hybridized carbons (Fsp3) is 0. The molecule has 0 aromatic carbocycles. The minimum absolute atomic E-state index is 0. The molecule has 5 nitrogen and oxygen atoms in total. The molecule has 0 atom stereocenters. The van der Waals surface area contributed by atoms with Crippen molar-refractivity contribution in [2.45, 2.75) is 0 Å². The first-order valence-electron chi connectivity index (χ1n) is 0.730. The van der Waals surface area contributed by atoms with Gasteiger partial charge in [0.25, 0.3) is 0 Å². The van der Waals surface area contributed by atoms with E-state index in [-0.39, 0.29) is 42.9 Å². The molecule has 0 saturated carbocycles. The summed E-state index contributed by atoms with van der Waals surface area (Å²) in [5.74, 6) is 0. The maximum Gasteiger partial charge on any atom is 1.00 e. The number of hydrogen-bond donors (Lipinski definition) is 0. The van der Waals surface area contributed by atoms with Gasteiger partial charge in [-0.25, -0.2) is 0 Å². The van der Waals surface area contributed by atoms with E-state index in [9.17, 15) is 0 Å². The van der Waals surface area contributed by atoms with Gasteiger partial charge in [0.15, 0.2) is 0 Å². The zero-order chi connectivity index (χ0) is 4.50. The third-order valence-electron chi connectivity index (χ3n) is 0. The SMILES string of the molecule is O.O=P([O-])([O-])[O-].[Li+].[V]. The van der Waals surface area contributed by atoms with Gasteiger partial charge in [-0.15, -0.1) is 0 Å². The third-order valence-corrected chi connectivity index (χ3v) is 0. The zero-order valence-corrected chi connectivity index (χ0v) is 6.32. The van der Waals surface area contributed by atoms with Gasteiger partial charge >= 0.3 is 18.9 Å². The minimum atomic E-state index is -5.39. The molecule has 8 heavy (non-hydrogen) atoms. The Morgan fingerprint density at radius 2 is 1.12 bits per heavy atom. The van der Waals surface area contributed by atoms with Crippen molar-refractivity contribution in [2.24, 2.45) is 0 Å². The Kier molecular flexibility index (Phi) is 23.6. The number of phosphoric acid groups is 1. The Balaban J connectivity index is -0.0000000267. The van der Waals surface area contributed by atoms with Crippen LogP contribution in [-0.2, 0) is 23.1 Å². The maximum atomic E-state index is 8.55. The van der Waals surface area contributed by atoms with Crippen LogP contribution in [0.5, 0.6) is 0 Å². The van der Waals surface area contributed by atoms with Crippen LogP contribution < -0.4 is 33.5 Å². The van der Waals surface area contributed by atoms with Crippen molar-refractivity contribution in [3.8, 4) is 0 Å². The molecular formula is H2LiO5PV-2.